The lowest BCUT2D eigenvalue weighted by atomic mass is 10.1. The molecule has 8 nitrogen and oxygen atoms in total. The van der Waals surface area contributed by atoms with Gasteiger partial charge < -0.3 is 19.5 Å². The number of nitrogens with one attached hydrogen (secondary N) is 1. The quantitative estimate of drug-likeness (QED) is 0.771. The molecule has 2 unspecified atom stereocenters. The van der Waals surface area contributed by atoms with Crippen LogP contribution in [0.15, 0.2) is 53.4 Å². The monoisotopic (exact) mass is 432 g/mol. The van der Waals surface area contributed by atoms with E-state index >= 15 is 0 Å². The van der Waals surface area contributed by atoms with Gasteiger partial charge in [-0.15, -0.1) is 0 Å². The van der Waals surface area contributed by atoms with Gasteiger partial charge in [0.1, 0.15) is 6.10 Å². The highest BCUT2D eigenvalue weighted by molar-refractivity contribution is 7.89. The summed E-state index contributed by atoms with van der Waals surface area (Å²) < 4.78 is 43.6. The third-order valence-corrected chi connectivity index (χ3v) is 7.01. The first-order chi connectivity index (χ1) is 14.4. The van der Waals surface area contributed by atoms with Crippen molar-refractivity contribution >= 4 is 15.9 Å². The van der Waals surface area contributed by atoms with Gasteiger partial charge in [0, 0.05) is 19.6 Å². The molecule has 1 N–H and O–H groups in total. The van der Waals surface area contributed by atoms with Crippen LogP contribution in [0.25, 0.3) is 0 Å². The van der Waals surface area contributed by atoms with Crippen LogP contribution in [0, 0.1) is 0 Å². The van der Waals surface area contributed by atoms with E-state index in [2.05, 4.69) is 5.32 Å². The number of ether oxygens (including phenoxy) is 3. The minimum atomic E-state index is -3.53. The van der Waals surface area contributed by atoms with Crippen LogP contribution in [-0.4, -0.2) is 57.1 Å². The van der Waals surface area contributed by atoms with Gasteiger partial charge in [0.2, 0.25) is 16.1 Å². The third kappa shape index (κ3) is 4.28. The average molecular weight is 432 g/mol. The first-order valence-electron chi connectivity index (χ1n) is 9.82. The van der Waals surface area contributed by atoms with Gasteiger partial charge in [-0.25, -0.2) is 8.42 Å². The van der Waals surface area contributed by atoms with Gasteiger partial charge in [-0.1, -0.05) is 24.3 Å². The van der Waals surface area contributed by atoms with Crippen LogP contribution < -0.4 is 14.8 Å². The fourth-order valence-corrected chi connectivity index (χ4v) is 4.82. The number of morpholine rings is 1. The topological polar surface area (TPSA) is 94.2 Å². The molecular formula is C21H24N2O6S. The zero-order valence-electron chi connectivity index (χ0n) is 16.6. The number of sulfonamides is 1. The Morgan fingerprint density at radius 2 is 1.67 bits per heavy atom. The molecule has 2 aliphatic heterocycles. The normalized spacial score (nSPS) is 21.8. The van der Waals surface area contributed by atoms with E-state index in [4.69, 9.17) is 14.2 Å². The Balaban J connectivity index is 1.37. The van der Waals surface area contributed by atoms with Gasteiger partial charge in [0.05, 0.1) is 18.1 Å². The minimum Gasteiger partial charge on any atom is -0.482 e. The number of amides is 1. The molecule has 160 valence electrons. The summed E-state index contributed by atoms with van der Waals surface area (Å²) in [6, 6.07) is 13.7. The van der Waals surface area contributed by atoms with Crippen LogP contribution in [-0.2, 0) is 26.1 Å². The van der Waals surface area contributed by atoms with Gasteiger partial charge in [-0.05, 0) is 36.8 Å². The average Bonchev–Trinajstić information content (AvgIpc) is 2.78. The molecule has 9 heteroatoms. The second kappa shape index (κ2) is 8.63. The summed E-state index contributed by atoms with van der Waals surface area (Å²) >= 11 is 0. The molecule has 0 bridgehead atoms. The molecule has 4 rings (SSSR count). The number of hydrogen-bond donors (Lipinski definition) is 1. The molecule has 1 amide bonds. The highest BCUT2D eigenvalue weighted by Gasteiger charge is 2.34. The van der Waals surface area contributed by atoms with E-state index in [1.54, 1.807) is 43.3 Å². The number of fused-ring (bicyclic) bond motifs is 1. The number of para-hydroxylation sites is 2. The van der Waals surface area contributed by atoms with Crippen LogP contribution in [0.5, 0.6) is 11.5 Å². The molecule has 2 heterocycles. The van der Waals surface area contributed by atoms with Crippen molar-refractivity contribution < 1.29 is 27.4 Å². The Bertz CT molecular complexity index is 1000. The SMILES string of the molecule is CC1Oc2ccccc2OC1C(=O)NCc1ccc(S(=O)(=O)N2CCOCC2)cc1. The zero-order chi connectivity index (χ0) is 21.1. The molecule has 0 aromatic heterocycles. The second-order valence-corrected chi connectivity index (χ2v) is 9.12. The van der Waals surface area contributed by atoms with Crippen molar-refractivity contribution in [2.75, 3.05) is 26.3 Å². The van der Waals surface area contributed by atoms with E-state index in [-0.39, 0.29) is 17.3 Å². The summed E-state index contributed by atoms with van der Waals surface area (Å²) in [5, 5.41) is 2.83. The highest BCUT2D eigenvalue weighted by Crippen LogP contribution is 2.33. The number of benzene rings is 2. The number of carbonyl (C=O) groups is 1. The summed E-state index contributed by atoms with van der Waals surface area (Å²) in [6.45, 7) is 3.55. The van der Waals surface area contributed by atoms with E-state index in [0.717, 1.165) is 5.56 Å². The summed E-state index contributed by atoms with van der Waals surface area (Å²) in [5.41, 5.74) is 0.786. The molecule has 30 heavy (non-hydrogen) atoms. The van der Waals surface area contributed by atoms with Crippen LogP contribution in [0.2, 0.25) is 0 Å². The molecule has 0 spiro atoms. The molecule has 2 aliphatic rings. The van der Waals surface area contributed by atoms with Crippen molar-refractivity contribution in [3.8, 4) is 11.5 Å². The largest absolute Gasteiger partial charge is 0.482 e. The van der Waals surface area contributed by atoms with Crippen LogP contribution >= 0.6 is 0 Å². The van der Waals surface area contributed by atoms with E-state index < -0.39 is 22.2 Å². The number of carbonyl (C=O) groups excluding carboxylic acids is 1. The Labute approximate surface area is 175 Å². The molecule has 1 fully saturated rings. The van der Waals surface area contributed by atoms with Crippen LogP contribution in [0.3, 0.4) is 0 Å². The Hall–Kier alpha value is -2.62. The summed E-state index contributed by atoms with van der Waals surface area (Å²) in [6.07, 6.45) is -1.19. The summed E-state index contributed by atoms with van der Waals surface area (Å²) in [4.78, 5) is 12.8. The maximum Gasteiger partial charge on any atom is 0.265 e. The van der Waals surface area contributed by atoms with Crippen molar-refractivity contribution in [1.82, 2.24) is 9.62 Å². The fourth-order valence-electron chi connectivity index (χ4n) is 3.41. The van der Waals surface area contributed by atoms with Gasteiger partial charge in [0.15, 0.2) is 11.5 Å². The number of rotatable bonds is 5. The molecule has 0 saturated carbocycles. The zero-order valence-corrected chi connectivity index (χ0v) is 17.4. The molecule has 2 atom stereocenters. The molecule has 0 radical (unpaired) electrons. The van der Waals surface area contributed by atoms with Crippen LogP contribution in [0.4, 0.5) is 0 Å². The van der Waals surface area contributed by atoms with Gasteiger partial charge in [-0.3, -0.25) is 4.79 Å². The Morgan fingerprint density at radius 1 is 1.03 bits per heavy atom. The van der Waals surface area contributed by atoms with Gasteiger partial charge in [-0.2, -0.15) is 4.31 Å². The van der Waals surface area contributed by atoms with E-state index in [1.807, 2.05) is 12.1 Å². The molecule has 0 aliphatic carbocycles. The predicted molar refractivity (Wildman–Crippen MR) is 109 cm³/mol. The number of hydrogen-bond acceptors (Lipinski definition) is 6. The van der Waals surface area contributed by atoms with Gasteiger partial charge >= 0.3 is 0 Å². The Morgan fingerprint density at radius 3 is 2.33 bits per heavy atom. The van der Waals surface area contributed by atoms with Crippen molar-refractivity contribution in [2.24, 2.45) is 0 Å². The van der Waals surface area contributed by atoms with Gasteiger partial charge in [0.25, 0.3) is 5.91 Å². The van der Waals surface area contributed by atoms with Crippen LogP contribution in [0.1, 0.15) is 12.5 Å². The minimum absolute atomic E-state index is 0.230. The van der Waals surface area contributed by atoms with E-state index in [9.17, 15) is 13.2 Å². The van der Waals surface area contributed by atoms with E-state index in [1.165, 1.54) is 4.31 Å². The van der Waals surface area contributed by atoms with Crippen molar-refractivity contribution in [3.63, 3.8) is 0 Å². The summed E-state index contributed by atoms with van der Waals surface area (Å²) in [5.74, 6) is 0.863. The van der Waals surface area contributed by atoms with E-state index in [0.29, 0.717) is 37.8 Å². The van der Waals surface area contributed by atoms with Crippen molar-refractivity contribution in [3.05, 3.63) is 54.1 Å². The standard InChI is InChI=1S/C21H24N2O6S/c1-15-20(29-19-5-3-2-4-18(19)28-15)21(24)22-14-16-6-8-17(9-7-16)30(25,26)23-10-12-27-13-11-23/h2-9,15,20H,10-14H2,1H3,(H,22,24). The number of nitrogens with zero attached hydrogens (tertiary/aromatic N) is 1. The Kier molecular flexibility index (Phi) is 5.94. The molecule has 2 aromatic carbocycles. The smallest absolute Gasteiger partial charge is 0.265 e. The lowest BCUT2D eigenvalue weighted by molar-refractivity contribution is -0.133. The maximum absolute atomic E-state index is 12.7. The van der Waals surface area contributed by atoms with Crippen molar-refractivity contribution in [2.45, 2.75) is 30.6 Å². The molecule has 1 saturated heterocycles. The lowest BCUT2D eigenvalue weighted by Crippen LogP contribution is -2.48. The fraction of sp³-hybridized carbons (Fsp3) is 0.381. The maximum atomic E-state index is 12.7. The highest BCUT2D eigenvalue weighted by atomic mass is 32.2. The molecule has 2 aromatic rings. The third-order valence-electron chi connectivity index (χ3n) is 5.10. The second-order valence-electron chi connectivity index (χ2n) is 7.19. The summed E-state index contributed by atoms with van der Waals surface area (Å²) in [7, 11) is -3.53. The lowest BCUT2D eigenvalue weighted by Gasteiger charge is -2.31. The predicted octanol–water partition coefficient (Wildman–Crippen LogP) is 1.55. The molecular weight excluding hydrogens is 408 g/mol. The van der Waals surface area contributed by atoms with Crippen molar-refractivity contribution in [1.29, 1.82) is 0 Å². The first-order valence-corrected chi connectivity index (χ1v) is 11.3. The first kappa shape index (κ1) is 20.6.